The first-order valence-corrected chi connectivity index (χ1v) is 4.68. The summed E-state index contributed by atoms with van der Waals surface area (Å²) in [5, 5.41) is 0. The summed E-state index contributed by atoms with van der Waals surface area (Å²) in [6.07, 6.45) is 1.68. The van der Waals surface area contributed by atoms with Crippen molar-refractivity contribution in [3.8, 4) is 11.6 Å². The highest BCUT2D eigenvalue weighted by atomic mass is 32.1. The standard InChI is InChI=1S/C11H9NOS/c14-10-7-4-8-12-11(10)13-9-5-2-1-3-6-9/h1-8,14H. The fourth-order valence-electron chi connectivity index (χ4n) is 1.06. The Morgan fingerprint density at radius 1 is 1.00 bits per heavy atom. The van der Waals surface area contributed by atoms with E-state index in [1.165, 1.54) is 0 Å². The maximum Gasteiger partial charge on any atom is 0.232 e. The largest absolute Gasteiger partial charge is 0.438 e. The average molecular weight is 203 g/mol. The first kappa shape index (κ1) is 9.09. The van der Waals surface area contributed by atoms with Gasteiger partial charge in [-0.1, -0.05) is 18.2 Å². The van der Waals surface area contributed by atoms with Crippen LogP contribution in [-0.4, -0.2) is 4.98 Å². The molecule has 0 bridgehead atoms. The van der Waals surface area contributed by atoms with Crippen molar-refractivity contribution in [3.05, 3.63) is 48.7 Å². The summed E-state index contributed by atoms with van der Waals surface area (Å²) in [7, 11) is 0. The van der Waals surface area contributed by atoms with E-state index >= 15 is 0 Å². The van der Waals surface area contributed by atoms with Gasteiger partial charge < -0.3 is 4.74 Å². The highest BCUT2D eigenvalue weighted by Crippen LogP contribution is 2.24. The molecule has 0 saturated heterocycles. The lowest BCUT2D eigenvalue weighted by atomic mass is 10.3. The van der Waals surface area contributed by atoms with E-state index < -0.39 is 0 Å². The summed E-state index contributed by atoms with van der Waals surface area (Å²) < 4.78 is 5.52. The van der Waals surface area contributed by atoms with E-state index in [1.54, 1.807) is 6.20 Å². The number of aromatic nitrogens is 1. The van der Waals surface area contributed by atoms with Gasteiger partial charge in [0.15, 0.2) is 0 Å². The van der Waals surface area contributed by atoms with E-state index in [2.05, 4.69) is 17.6 Å². The molecule has 1 heterocycles. The lowest BCUT2D eigenvalue weighted by Crippen LogP contribution is -1.87. The first-order chi connectivity index (χ1) is 6.86. The van der Waals surface area contributed by atoms with Gasteiger partial charge in [-0.3, -0.25) is 0 Å². The molecule has 14 heavy (non-hydrogen) atoms. The van der Waals surface area contributed by atoms with E-state index in [1.807, 2.05) is 42.5 Å². The molecule has 2 aromatic rings. The molecular formula is C11H9NOS. The highest BCUT2D eigenvalue weighted by molar-refractivity contribution is 7.80. The number of para-hydroxylation sites is 1. The molecule has 0 saturated carbocycles. The summed E-state index contributed by atoms with van der Waals surface area (Å²) in [6.45, 7) is 0. The van der Waals surface area contributed by atoms with E-state index in [9.17, 15) is 0 Å². The normalized spacial score (nSPS) is 9.79. The van der Waals surface area contributed by atoms with Crippen LogP contribution in [0.3, 0.4) is 0 Å². The van der Waals surface area contributed by atoms with Crippen molar-refractivity contribution < 1.29 is 4.74 Å². The fourth-order valence-corrected chi connectivity index (χ4v) is 1.25. The van der Waals surface area contributed by atoms with Crippen molar-refractivity contribution in [1.82, 2.24) is 4.98 Å². The van der Waals surface area contributed by atoms with Crippen molar-refractivity contribution in [2.24, 2.45) is 0 Å². The predicted octanol–water partition coefficient (Wildman–Crippen LogP) is 3.16. The minimum absolute atomic E-state index is 0.530. The number of nitrogens with zero attached hydrogens (tertiary/aromatic N) is 1. The van der Waals surface area contributed by atoms with E-state index in [0.717, 1.165) is 10.6 Å². The second-order valence-electron chi connectivity index (χ2n) is 2.74. The predicted molar refractivity (Wildman–Crippen MR) is 58.0 cm³/mol. The van der Waals surface area contributed by atoms with Crippen LogP contribution < -0.4 is 4.74 Å². The molecule has 0 fully saturated rings. The molecule has 0 spiro atoms. The van der Waals surface area contributed by atoms with Crippen LogP contribution in [0.15, 0.2) is 53.6 Å². The lowest BCUT2D eigenvalue weighted by molar-refractivity contribution is 0.451. The minimum Gasteiger partial charge on any atom is -0.438 e. The number of ether oxygens (including phenoxy) is 1. The van der Waals surface area contributed by atoms with Crippen molar-refractivity contribution >= 4 is 12.6 Å². The van der Waals surface area contributed by atoms with Crippen molar-refractivity contribution in [3.63, 3.8) is 0 Å². The third kappa shape index (κ3) is 2.06. The third-order valence-electron chi connectivity index (χ3n) is 1.71. The summed E-state index contributed by atoms with van der Waals surface area (Å²) in [5.74, 6) is 1.29. The van der Waals surface area contributed by atoms with Gasteiger partial charge in [0.25, 0.3) is 0 Å². The van der Waals surface area contributed by atoms with Crippen LogP contribution in [-0.2, 0) is 0 Å². The molecule has 0 aliphatic heterocycles. The molecule has 0 amide bonds. The maximum atomic E-state index is 5.52. The summed E-state index contributed by atoms with van der Waals surface area (Å²) in [4.78, 5) is 4.81. The average Bonchev–Trinajstić information content (AvgIpc) is 2.23. The Bertz CT molecular complexity index is 417. The van der Waals surface area contributed by atoms with Gasteiger partial charge >= 0.3 is 0 Å². The van der Waals surface area contributed by atoms with E-state index in [0.29, 0.717) is 5.88 Å². The van der Waals surface area contributed by atoms with Gasteiger partial charge in [0.05, 0.1) is 4.90 Å². The number of hydrogen-bond donors (Lipinski definition) is 1. The molecule has 0 N–H and O–H groups in total. The number of pyridine rings is 1. The smallest absolute Gasteiger partial charge is 0.232 e. The van der Waals surface area contributed by atoms with Crippen LogP contribution in [0.5, 0.6) is 11.6 Å². The molecular weight excluding hydrogens is 194 g/mol. The molecule has 0 unspecified atom stereocenters. The zero-order chi connectivity index (χ0) is 9.80. The van der Waals surface area contributed by atoms with Crippen molar-refractivity contribution in [2.75, 3.05) is 0 Å². The summed E-state index contributed by atoms with van der Waals surface area (Å²) >= 11 is 4.24. The van der Waals surface area contributed by atoms with Gasteiger partial charge in [-0.2, -0.15) is 0 Å². The first-order valence-electron chi connectivity index (χ1n) is 4.23. The Hall–Kier alpha value is -1.48. The lowest BCUT2D eigenvalue weighted by Gasteiger charge is -2.05. The van der Waals surface area contributed by atoms with Gasteiger partial charge in [-0.25, -0.2) is 4.98 Å². The van der Waals surface area contributed by atoms with Gasteiger partial charge in [0, 0.05) is 6.20 Å². The SMILES string of the molecule is Sc1cccnc1Oc1ccccc1. The Kier molecular flexibility index (Phi) is 2.70. The number of rotatable bonds is 2. The molecule has 2 rings (SSSR count). The molecule has 0 aliphatic carbocycles. The van der Waals surface area contributed by atoms with Crippen LogP contribution in [0, 0.1) is 0 Å². The van der Waals surface area contributed by atoms with Crippen LogP contribution in [0.1, 0.15) is 0 Å². The quantitative estimate of drug-likeness (QED) is 0.757. The van der Waals surface area contributed by atoms with Gasteiger partial charge in [0.2, 0.25) is 5.88 Å². The van der Waals surface area contributed by atoms with Gasteiger partial charge in [-0.05, 0) is 24.3 Å². The molecule has 70 valence electrons. The third-order valence-corrected chi connectivity index (χ3v) is 2.05. The Morgan fingerprint density at radius 3 is 2.50 bits per heavy atom. The second kappa shape index (κ2) is 4.15. The van der Waals surface area contributed by atoms with Crippen molar-refractivity contribution in [1.29, 1.82) is 0 Å². The Balaban J connectivity index is 2.24. The number of benzene rings is 1. The van der Waals surface area contributed by atoms with Crippen LogP contribution in [0.4, 0.5) is 0 Å². The highest BCUT2D eigenvalue weighted by Gasteiger charge is 2.00. The van der Waals surface area contributed by atoms with Gasteiger partial charge in [0.1, 0.15) is 5.75 Å². The van der Waals surface area contributed by atoms with Crippen molar-refractivity contribution in [2.45, 2.75) is 4.90 Å². The Labute approximate surface area is 88.0 Å². The Morgan fingerprint density at radius 2 is 1.79 bits per heavy atom. The fraction of sp³-hybridized carbons (Fsp3) is 0. The maximum absolute atomic E-state index is 5.52. The van der Waals surface area contributed by atoms with Crippen LogP contribution in [0.25, 0.3) is 0 Å². The minimum atomic E-state index is 0.530. The zero-order valence-corrected chi connectivity index (χ0v) is 8.32. The number of thiol groups is 1. The van der Waals surface area contributed by atoms with E-state index in [-0.39, 0.29) is 0 Å². The second-order valence-corrected chi connectivity index (χ2v) is 3.22. The molecule has 0 atom stereocenters. The van der Waals surface area contributed by atoms with E-state index in [4.69, 9.17) is 4.74 Å². The zero-order valence-electron chi connectivity index (χ0n) is 7.42. The number of hydrogen-bond acceptors (Lipinski definition) is 3. The topological polar surface area (TPSA) is 22.1 Å². The van der Waals surface area contributed by atoms with Crippen LogP contribution >= 0.6 is 12.6 Å². The summed E-state index contributed by atoms with van der Waals surface area (Å²) in [6, 6.07) is 13.2. The molecule has 1 aromatic heterocycles. The molecule has 0 aliphatic rings. The molecule has 2 nitrogen and oxygen atoms in total. The molecule has 3 heteroatoms. The molecule has 1 aromatic carbocycles. The monoisotopic (exact) mass is 203 g/mol. The summed E-state index contributed by atoms with van der Waals surface area (Å²) in [5.41, 5.74) is 0. The van der Waals surface area contributed by atoms with Crippen LogP contribution in [0.2, 0.25) is 0 Å². The molecule has 0 radical (unpaired) electrons. The van der Waals surface area contributed by atoms with Gasteiger partial charge in [-0.15, -0.1) is 12.6 Å².